The maximum absolute atomic E-state index is 5.44. The van der Waals surface area contributed by atoms with Crippen LogP contribution in [0.4, 0.5) is 0 Å². The molecule has 0 aliphatic carbocycles. The van der Waals surface area contributed by atoms with E-state index in [0.29, 0.717) is 17.5 Å². The second-order valence-electron chi connectivity index (χ2n) is 5.38. The van der Waals surface area contributed by atoms with Crippen molar-refractivity contribution in [2.45, 2.75) is 26.4 Å². The molecule has 0 bridgehead atoms. The smallest absolute Gasteiger partial charge is 0.178 e. The van der Waals surface area contributed by atoms with Crippen molar-refractivity contribution in [2.24, 2.45) is 0 Å². The number of aromatic amines is 1. The van der Waals surface area contributed by atoms with Gasteiger partial charge < -0.3 is 23.9 Å². The van der Waals surface area contributed by atoms with Crippen molar-refractivity contribution in [1.29, 1.82) is 0 Å². The Balaban J connectivity index is 2.39. The quantitative estimate of drug-likeness (QED) is 0.833. The molecule has 0 amide bonds. The average Bonchev–Trinajstić information content (AvgIpc) is 2.77. The minimum absolute atomic E-state index is 0.513. The molecule has 2 aromatic rings. The minimum Gasteiger partial charge on any atom is -0.493 e. The molecule has 21 heavy (non-hydrogen) atoms. The minimum atomic E-state index is 0.513. The van der Waals surface area contributed by atoms with E-state index in [0.717, 1.165) is 28.9 Å². The maximum Gasteiger partial charge on any atom is 0.178 e. The second-order valence-corrected chi connectivity index (χ2v) is 5.77. The van der Waals surface area contributed by atoms with Crippen LogP contribution in [-0.2, 0) is 6.54 Å². The Kier molecular flexibility index (Phi) is 4.90. The van der Waals surface area contributed by atoms with Crippen LogP contribution in [0.2, 0.25) is 0 Å². The van der Waals surface area contributed by atoms with Gasteiger partial charge in [0.15, 0.2) is 16.3 Å². The molecule has 0 atom stereocenters. The van der Waals surface area contributed by atoms with E-state index >= 15 is 0 Å². The summed E-state index contributed by atoms with van der Waals surface area (Å²) in [6.45, 7) is 6.14. The van der Waals surface area contributed by atoms with Gasteiger partial charge in [0.05, 0.1) is 25.3 Å². The fourth-order valence-electron chi connectivity index (χ4n) is 2.22. The first-order valence-electron chi connectivity index (χ1n) is 7.02. The molecule has 0 saturated heterocycles. The number of benzene rings is 1. The van der Waals surface area contributed by atoms with Gasteiger partial charge in [0, 0.05) is 31.3 Å². The summed E-state index contributed by atoms with van der Waals surface area (Å²) in [7, 11) is 5.39. The lowest BCUT2D eigenvalue weighted by molar-refractivity contribution is 0.263. The molecule has 5 nitrogen and oxygen atoms in total. The van der Waals surface area contributed by atoms with E-state index in [1.807, 2.05) is 12.1 Å². The number of fused-ring (bicyclic) bond motifs is 1. The lowest BCUT2D eigenvalue weighted by atomic mass is 10.2. The standard InChI is InChI=1S/C15H23N3O2S/c1-10(2)17(3)6-7-18-12-9-14(20-5)13(19-4)8-11(12)16-15(18)21/h8-10H,6-7H2,1-5H3,(H,16,21). The molecular weight excluding hydrogens is 286 g/mol. The fourth-order valence-corrected chi connectivity index (χ4v) is 2.52. The van der Waals surface area contributed by atoms with Gasteiger partial charge in [0.1, 0.15) is 0 Å². The van der Waals surface area contributed by atoms with E-state index < -0.39 is 0 Å². The number of hydrogen-bond acceptors (Lipinski definition) is 4. The third-order valence-electron chi connectivity index (χ3n) is 3.84. The van der Waals surface area contributed by atoms with Gasteiger partial charge in [-0.2, -0.15) is 0 Å². The van der Waals surface area contributed by atoms with E-state index in [4.69, 9.17) is 21.7 Å². The van der Waals surface area contributed by atoms with E-state index in [-0.39, 0.29) is 0 Å². The van der Waals surface area contributed by atoms with E-state index in [1.54, 1.807) is 14.2 Å². The Morgan fingerprint density at radius 1 is 1.24 bits per heavy atom. The number of aromatic nitrogens is 2. The van der Waals surface area contributed by atoms with Crippen molar-refractivity contribution >= 4 is 23.3 Å². The van der Waals surface area contributed by atoms with E-state index in [9.17, 15) is 0 Å². The summed E-state index contributed by atoms with van der Waals surface area (Å²) in [5, 5.41) is 0. The molecule has 1 aromatic carbocycles. The third kappa shape index (κ3) is 3.22. The molecule has 0 aliphatic rings. The highest BCUT2D eigenvalue weighted by atomic mass is 32.1. The number of ether oxygens (including phenoxy) is 2. The molecule has 0 saturated carbocycles. The van der Waals surface area contributed by atoms with Gasteiger partial charge in [-0.25, -0.2) is 0 Å². The average molecular weight is 309 g/mol. The van der Waals surface area contributed by atoms with Gasteiger partial charge in [0.25, 0.3) is 0 Å². The summed E-state index contributed by atoms with van der Waals surface area (Å²) < 4.78 is 13.5. The molecule has 0 aliphatic heterocycles. The number of nitrogens with zero attached hydrogens (tertiary/aromatic N) is 2. The Labute approximate surface area is 130 Å². The van der Waals surface area contributed by atoms with E-state index in [1.165, 1.54) is 0 Å². The largest absolute Gasteiger partial charge is 0.493 e. The lowest BCUT2D eigenvalue weighted by Crippen LogP contribution is -2.29. The first-order valence-corrected chi connectivity index (χ1v) is 7.43. The zero-order valence-electron chi connectivity index (χ0n) is 13.3. The molecule has 1 heterocycles. The van der Waals surface area contributed by atoms with Crippen LogP contribution in [0, 0.1) is 4.77 Å². The van der Waals surface area contributed by atoms with Crippen molar-refractivity contribution in [3.8, 4) is 11.5 Å². The lowest BCUT2D eigenvalue weighted by Gasteiger charge is -2.21. The molecule has 1 aromatic heterocycles. The third-order valence-corrected chi connectivity index (χ3v) is 4.16. The van der Waals surface area contributed by atoms with Gasteiger partial charge in [-0.15, -0.1) is 0 Å². The van der Waals surface area contributed by atoms with E-state index in [2.05, 4.69) is 35.3 Å². The van der Waals surface area contributed by atoms with Crippen molar-refractivity contribution in [3.63, 3.8) is 0 Å². The number of rotatable bonds is 6. The number of hydrogen-bond donors (Lipinski definition) is 1. The van der Waals surface area contributed by atoms with Crippen LogP contribution in [0.1, 0.15) is 13.8 Å². The first-order chi connectivity index (χ1) is 9.97. The summed E-state index contributed by atoms with van der Waals surface area (Å²) in [5.74, 6) is 1.41. The fraction of sp³-hybridized carbons (Fsp3) is 0.533. The first kappa shape index (κ1) is 15.9. The van der Waals surface area contributed by atoms with Crippen LogP contribution in [0.5, 0.6) is 11.5 Å². The zero-order valence-corrected chi connectivity index (χ0v) is 14.1. The summed E-state index contributed by atoms with van der Waals surface area (Å²) in [5.41, 5.74) is 2.00. The Morgan fingerprint density at radius 3 is 2.43 bits per heavy atom. The molecule has 0 radical (unpaired) electrons. The van der Waals surface area contributed by atoms with Crippen molar-refractivity contribution in [3.05, 3.63) is 16.9 Å². The molecular formula is C15H23N3O2S. The van der Waals surface area contributed by atoms with Crippen LogP contribution in [-0.4, -0.2) is 48.3 Å². The summed E-state index contributed by atoms with van der Waals surface area (Å²) in [6.07, 6.45) is 0. The number of imidazole rings is 1. The molecule has 0 spiro atoms. The SMILES string of the molecule is COc1cc2[nH]c(=S)n(CCN(C)C(C)C)c2cc1OC. The molecule has 2 rings (SSSR count). The monoisotopic (exact) mass is 309 g/mol. The summed E-state index contributed by atoms with van der Waals surface area (Å²) in [4.78, 5) is 5.52. The summed E-state index contributed by atoms with van der Waals surface area (Å²) >= 11 is 5.44. The van der Waals surface area contributed by atoms with Crippen LogP contribution in [0.3, 0.4) is 0 Å². The van der Waals surface area contributed by atoms with Crippen molar-refractivity contribution < 1.29 is 9.47 Å². The number of methoxy groups -OCH3 is 2. The molecule has 0 fully saturated rings. The molecule has 1 N–H and O–H groups in total. The van der Waals surface area contributed by atoms with Gasteiger partial charge in [-0.05, 0) is 33.1 Å². The van der Waals surface area contributed by atoms with Crippen LogP contribution >= 0.6 is 12.2 Å². The number of nitrogens with one attached hydrogen (secondary N) is 1. The van der Waals surface area contributed by atoms with Crippen LogP contribution < -0.4 is 9.47 Å². The summed E-state index contributed by atoms with van der Waals surface area (Å²) in [6, 6.07) is 4.40. The van der Waals surface area contributed by atoms with Crippen molar-refractivity contribution in [2.75, 3.05) is 27.8 Å². The normalized spacial score (nSPS) is 11.6. The Morgan fingerprint density at radius 2 is 1.86 bits per heavy atom. The van der Waals surface area contributed by atoms with Crippen LogP contribution in [0.25, 0.3) is 11.0 Å². The predicted molar refractivity (Wildman–Crippen MR) is 88.0 cm³/mol. The van der Waals surface area contributed by atoms with Crippen LogP contribution in [0.15, 0.2) is 12.1 Å². The maximum atomic E-state index is 5.44. The van der Waals surface area contributed by atoms with Gasteiger partial charge in [-0.1, -0.05) is 0 Å². The highest BCUT2D eigenvalue weighted by molar-refractivity contribution is 7.71. The van der Waals surface area contributed by atoms with Gasteiger partial charge in [0.2, 0.25) is 0 Å². The number of H-pyrrole nitrogens is 1. The topological polar surface area (TPSA) is 42.4 Å². The van der Waals surface area contributed by atoms with Gasteiger partial charge >= 0.3 is 0 Å². The zero-order chi connectivity index (χ0) is 15.6. The Bertz CT molecular complexity index is 675. The predicted octanol–water partition coefficient (Wildman–Crippen LogP) is 3.06. The highest BCUT2D eigenvalue weighted by Crippen LogP contribution is 2.31. The Hall–Kier alpha value is -1.53. The van der Waals surface area contributed by atoms with Gasteiger partial charge in [-0.3, -0.25) is 0 Å². The number of likely N-dealkylation sites (N-methyl/N-ethyl adjacent to an activating group) is 1. The molecule has 0 unspecified atom stereocenters. The second kappa shape index (κ2) is 6.49. The molecule has 116 valence electrons. The molecule has 6 heteroatoms. The van der Waals surface area contributed by atoms with Crippen molar-refractivity contribution in [1.82, 2.24) is 14.5 Å². The highest BCUT2D eigenvalue weighted by Gasteiger charge is 2.12.